The SMILES string of the molecule is CCCc1nc(N)sc1Cc1ccc(F)cc1C. The van der Waals surface area contributed by atoms with Crippen LogP contribution in [0.4, 0.5) is 9.52 Å². The van der Waals surface area contributed by atoms with E-state index < -0.39 is 0 Å². The molecule has 0 aliphatic heterocycles. The monoisotopic (exact) mass is 264 g/mol. The van der Waals surface area contributed by atoms with Crippen molar-refractivity contribution in [2.24, 2.45) is 0 Å². The summed E-state index contributed by atoms with van der Waals surface area (Å²) in [5.74, 6) is -0.186. The largest absolute Gasteiger partial charge is 0.375 e. The summed E-state index contributed by atoms with van der Waals surface area (Å²) < 4.78 is 13.1. The number of nitrogens with zero attached hydrogens (tertiary/aromatic N) is 1. The van der Waals surface area contributed by atoms with Crippen molar-refractivity contribution in [3.63, 3.8) is 0 Å². The zero-order chi connectivity index (χ0) is 13.1. The number of nitrogen functional groups attached to an aromatic ring is 1. The third kappa shape index (κ3) is 2.88. The predicted octanol–water partition coefficient (Wildman–Crippen LogP) is 3.72. The maximum atomic E-state index is 13.1. The minimum Gasteiger partial charge on any atom is -0.375 e. The van der Waals surface area contributed by atoms with Crippen LogP contribution in [0.2, 0.25) is 0 Å². The van der Waals surface area contributed by atoms with E-state index in [0.717, 1.165) is 36.1 Å². The van der Waals surface area contributed by atoms with Gasteiger partial charge in [-0.3, -0.25) is 0 Å². The van der Waals surface area contributed by atoms with Gasteiger partial charge in [-0.15, -0.1) is 11.3 Å². The Bertz CT molecular complexity index is 549. The third-order valence-electron chi connectivity index (χ3n) is 2.94. The lowest BCUT2D eigenvalue weighted by atomic mass is 10.0. The first-order valence-corrected chi connectivity index (χ1v) is 6.91. The maximum Gasteiger partial charge on any atom is 0.180 e. The van der Waals surface area contributed by atoms with Gasteiger partial charge in [-0.25, -0.2) is 9.37 Å². The van der Waals surface area contributed by atoms with Gasteiger partial charge in [0.2, 0.25) is 0 Å². The fraction of sp³-hybridized carbons (Fsp3) is 0.357. The molecule has 1 aromatic carbocycles. The topological polar surface area (TPSA) is 38.9 Å². The summed E-state index contributed by atoms with van der Waals surface area (Å²) in [4.78, 5) is 5.56. The number of thiazole rings is 1. The van der Waals surface area contributed by atoms with E-state index in [4.69, 9.17) is 5.73 Å². The molecule has 0 radical (unpaired) electrons. The van der Waals surface area contributed by atoms with Crippen molar-refractivity contribution in [1.29, 1.82) is 0 Å². The molecule has 0 fully saturated rings. The highest BCUT2D eigenvalue weighted by atomic mass is 32.1. The second-order valence-electron chi connectivity index (χ2n) is 4.42. The zero-order valence-electron chi connectivity index (χ0n) is 10.7. The van der Waals surface area contributed by atoms with Crippen LogP contribution < -0.4 is 5.73 Å². The Kier molecular flexibility index (Phi) is 3.97. The van der Waals surface area contributed by atoms with E-state index in [1.807, 2.05) is 13.0 Å². The second kappa shape index (κ2) is 5.48. The highest BCUT2D eigenvalue weighted by molar-refractivity contribution is 7.15. The van der Waals surface area contributed by atoms with Crippen LogP contribution in [-0.4, -0.2) is 4.98 Å². The molecule has 0 amide bonds. The van der Waals surface area contributed by atoms with Gasteiger partial charge in [-0.1, -0.05) is 19.4 Å². The quantitative estimate of drug-likeness (QED) is 0.914. The van der Waals surface area contributed by atoms with Crippen LogP contribution in [0.3, 0.4) is 0 Å². The number of hydrogen-bond donors (Lipinski definition) is 1. The Balaban J connectivity index is 2.27. The molecule has 0 aliphatic carbocycles. The van der Waals surface area contributed by atoms with Gasteiger partial charge in [-0.05, 0) is 36.6 Å². The summed E-state index contributed by atoms with van der Waals surface area (Å²) in [5, 5.41) is 0.619. The lowest BCUT2D eigenvalue weighted by molar-refractivity contribution is 0.626. The number of aromatic nitrogens is 1. The first-order chi connectivity index (χ1) is 8.60. The first-order valence-electron chi connectivity index (χ1n) is 6.09. The molecule has 2 aromatic rings. The van der Waals surface area contributed by atoms with Crippen LogP contribution in [0.15, 0.2) is 18.2 Å². The molecule has 18 heavy (non-hydrogen) atoms. The van der Waals surface area contributed by atoms with Crippen LogP contribution in [-0.2, 0) is 12.8 Å². The Morgan fingerprint density at radius 3 is 2.83 bits per heavy atom. The molecular weight excluding hydrogens is 247 g/mol. The molecule has 2 rings (SSSR count). The molecule has 2 N–H and O–H groups in total. The van der Waals surface area contributed by atoms with Crippen LogP contribution >= 0.6 is 11.3 Å². The highest BCUT2D eigenvalue weighted by Gasteiger charge is 2.11. The van der Waals surface area contributed by atoms with Gasteiger partial charge in [0, 0.05) is 11.3 Å². The van der Waals surface area contributed by atoms with Crippen molar-refractivity contribution >= 4 is 16.5 Å². The van der Waals surface area contributed by atoms with Gasteiger partial charge in [-0.2, -0.15) is 0 Å². The van der Waals surface area contributed by atoms with E-state index in [1.54, 1.807) is 6.07 Å². The lowest BCUT2D eigenvalue weighted by Crippen LogP contribution is -1.95. The molecular formula is C14H17FN2S. The van der Waals surface area contributed by atoms with E-state index in [0.29, 0.717) is 5.13 Å². The average molecular weight is 264 g/mol. The van der Waals surface area contributed by atoms with E-state index in [2.05, 4.69) is 11.9 Å². The molecule has 0 atom stereocenters. The van der Waals surface area contributed by atoms with Gasteiger partial charge >= 0.3 is 0 Å². The Hall–Kier alpha value is -1.42. The number of rotatable bonds is 4. The molecule has 0 bridgehead atoms. The summed E-state index contributed by atoms with van der Waals surface area (Å²) >= 11 is 1.53. The van der Waals surface area contributed by atoms with Crippen LogP contribution in [0.1, 0.15) is 35.0 Å². The third-order valence-corrected chi connectivity index (χ3v) is 3.86. The Morgan fingerprint density at radius 2 is 2.17 bits per heavy atom. The molecule has 0 saturated heterocycles. The van der Waals surface area contributed by atoms with Crippen LogP contribution in [0.5, 0.6) is 0 Å². The number of nitrogens with two attached hydrogens (primary N) is 1. The van der Waals surface area contributed by atoms with Crippen molar-refractivity contribution in [3.05, 3.63) is 45.7 Å². The van der Waals surface area contributed by atoms with E-state index in [-0.39, 0.29) is 5.82 Å². The fourth-order valence-corrected chi connectivity index (χ4v) is 2.91. The summed E-state index contributed by atoms with van der Waals surface area (Å²) in [6, 6.07) is 4.92. The molecule has 0 aliphatic rings. The lowest BCUT2D eigenvalue weighted by Gasteiger charge is -2.05. The molecule has 0 saturated carbocycles. The van der Waals surface area contributed by atoms with Crippen LogP contribution in [0.25, 0.3) is 0 Å². The number of benzene rings is 1. The average Bonchev–Trinajstić information content (AvgIpc) is 2.64. The summed E-state index contributed by atoms with van der Waals surface area (Å²) in [5.41, 5.74) is 8.97. The van der Waals surface area contributed by atoms with Gasteiger partial charge in [0.15, 0.2) is 5.13 Å². The zero-order valence-corrected chi connectivity index (χ0v) is 11.5. The second-order valence-corrected chi connectivity index (χ2v) is 5.53. The van der Waals surface area contributed by atoms with E-state index >= 15 is 0 Å². The first kappa shape index (κ1) is 13.0. The van der Waals surface area contributed by atoms with Gasteiger partial charge in [0.1, 0.15) is 5.82 Å². The van der Waals surface area contributed by atoms with E-state index in [1.165, 1.54) is 22.3 Å². The summed E-state index contributed by atoms with van der Waals surface area (Å²) in [6.07, 6.45) is 2.79. The maximum absolute atomic E-state index is 13.1. The molecule has 1 aromatic heterocycles. The van der Waals surface area contributed by atoms with Crippen molar-refractivity contribution in [2.75, 3.05) is 5.73 Å². The molecule has 1 heterocycles. The number of halogens is 1. The van der Waals surface area contributed by atoms with Gasteiger partial charge in [0.05, 0.1) is 5.69 Å². The Morgan fingerprint density at radius 1 is 1.39 bits per heavy atom. The molecule has 0 spiro atoms. The number of anilines is 1. The van der Waals surface area contributed by atoms with Crippen molar-refractivity contribution < 1.29 is 4.39 Å². The van der Waals surface area contributed by atoms with Gasteiger partial charge < -0.3 is 5.73 Å². The normalized spacial score (nSPS) is 10.8. The smallest absolute Gasteiger partial charge is 0.180 e. The molecule has 4 heteroatoms. The predicted molar refractivity (Wildman–Crippen MR) is 74.5 cm³/mol. The Labute approximate surface area is 111 Å². The van der Waals surface area contributed by atoms with Crippen molar-refractivity contribution in [3.8, 4) is 0 Å². The minimum absolute atomic E-state index is 0.186. The van der Waals surface area contributed by atoms with Crippen molar-refractivity contribution in [1.82, 2.24) is 4.98 Å². The minimum atomic E-state index is -0.186. The van der Waals surface area contributed by atoms with E-state index in [9.17, 15) is 4.39 Å². The molecule has 96 valence electrons. The fourth-order valence-electron chi connectivity index (χ4n) is 2.00. The standard InChI is InChI=1S/C14H17FN2S/c1-3-4-12-13(18-14(16)17-12)8-10-5-6-11(15)7-9(10)2/h5-7H,3-4,8H2,1-2H3,(H2,16,17). The van der Waals surface area contributed by atoms with Crippen molar-refractivity contribution in [2.45, 2.75) is 33.1 Å². The number of aryl methyl sites for hydroxylation is 2. The summed E-state index contributed by atoms with van der Waals surface area (Å²) in [6.45, 7) is 4.06. The molecule has 0 unspecified atom stereocenters. The molecule has 2 nitrogen and oxygen atoms in total. The summed E-state index contributed by atoms with van der Waals surface area (Å²) in [7, 11) is 0. The van der Waals surface area contributed by atoms with Gasteiger partial charge in [0.25, 0.3) is 0 Å². The number of hydrogen-bond acceptors (Lipinski definition) is 3. The van der Waals surface area contributed by atoms with Crippen LogP contribution in [0, 0.1) is 12.7 Å². The highest BCUT2D eigenvalue weighted by Crippen LogP contribution is 2.26.